The van der Waals surface area contributed by atoms with Crippen LogP contribution in [0.1, 0.15) is 29.8 Å². The molecule has 3 rings (SSSR count). The zero-order chi connectivity index (χ0) is 14.8. The van der Waals surface area contributed by atoms with Gasteiger partial charge < -0.3 is 10.1 Å². The standard InChI is InChI=1S/C16H20BrN3O/c1-11-7-14(20(2)19-11)10-21-16-6-3-12(8-15(16)17)9-18-13-4-5-13/h3,6-8,13,18H,4-5,9-10H2,1-2H3. The van der Waals surface area contributed by atoms with Gasteiger partial charge in [0.2, 0.25) is 0 Å². The molecule has 0 aliphatic heterocycles. The molecule has 0 atom stereocenters. The zero-order valence-electron chi connectivity index (χ0n) is 12.4. The fourth-order valence-corrected chi connectivity index (χ4v) is 2.81. The van der Waals surface area contributed by atoms with Crippen LogP contribution in [0.5, 0.6) is 5.75 Å². The van der Waals surface area contributed by atoms with Crippen molar-refractivity contribution in [1.29, 1.82) is 0 Å². The van der Waals surface area contributed by atoms with Crippen LogP contribution in [0.25, 0.3) is 0 Å². The van der Waals surface area contributed by atoms with E-state index in [9.17, 15) is 0 Å². The molecule has 1 aliphatic rings. The molecule has 0 spiro atoms. The van der Waals surface area contributed by atoms with Gasteiger partial charge in [0.05, 0.1) is 15.9 Å². The van der Waals surface area contributed by atoms with Crippen molar-refractivity contribution in [3.63, 3.8) is 0 Å². The first-order valence-corrected chi connectivity index (χ1v) is 8.05. The minimum absolute atomic E-state index is 0.523. The molecule has 2 aromatic rings. The summed E-state index contributed by atoms with van der Waals surface area (Å²) in [7, 11) is 1.94. The molecule has 1 heterocycles. The van der Waals surface area contributed by atoms with Crippen LogP contribution in [-0.4, -0.2) is 15.8 Å². The molecule has 112 valence electrons. The molecule has 1 aliphatic carbocycles. The van der Waals surface area contributed by atoms with Gasteiger partial charge in [-0.2, -0.15) is 5.10 Å². The number of nitrogens with zero attached hydrogens (tertiary/aromatic N) is 2. The second kappa shape index (κ2) is 6.20. The molecule has 0 radical (unpaired) electrons. The highest BCUT2D eigenvalue weighted by molar-refractivity contribution is 9.10. The second-order valence-corrected chi connectivity index (χ2v) is 6.46. The summed E-state index contributed by atoms with van der Waals surface area (Å²) in [6.45, 7) is 3.43. The third-order valence-electron chi connectivity index (χ3n) is 3.64. The Morgan fingerprint density at radius 1 is 1.38 bits per heavy atom. The molecule has 0 unspecified atom stereocenters. The largest absolute Gasteiger partial charge is 0.486 e. The minimum Gasteiger partial charge on any atom is -0.486 e. The van der Waals surface area contributed by atoms with E-state index in [-0.39, 0.29) is 0 Å². The van der Waals surface area contributed by atoms with Gasteiger partial charge in [-0.25, -0.2) is 0 Å². The van der Waals surface area contributed by atoms with E-state index in [1.54, 1.807) is 0 Å². The van der Waals surface area contributed by atoms with Crippen LogP contribution in [-0.2, 0) is 20.2 Å². The van der Waals surface area contributed by atoms with E-state index in [1.165, 1.54) is 18.4 Å². The van der Waals surface area contributed by atoms with Crippen molar-refractivity contribution in [2.75, 3.05) is 0 Å². The van der Waals surface area contributed by atoms with Crippen molar-refractivity contribution in [3.8, 4) is 5.75 Å². The molecule has 21 heavy (non-hydrogen) atoms. The smallest absolute Gasteiger partial charge is 0.134 e. The number of rotatable bonds is 6. The van der Waals surface area contributed by atoms with Crippen molar-refractivity contribution in [1.82, 2.24) is 15.1 Å². The number of aryl methyl sites for hydroxylation is 2. The van der Waals surface area contributed by atoms with Gasteiger partial charge >= 0.3 is 0 Å². The maximum atomic E-state index is 5.88. The predicted molar refractivity (Wildman–Crippen MR) is 86.3 cm³/mol. The van der Waals surface area contributed by atoms with Crippen molar-refractivity contribution >= 4 is 15.9 Å². The van der Waals surface area contributed by atoms with Crippen LogP contribution in [0.15, 0.2) is 28.7 Å². The number of halogens is 1. The fourth-order valence-electron chi connectivity index (χ4n) is 2.27. The Kier molecular flexibility index (Phi) is 4.31. The van der Waals surface area contributed by atoms with Crippen molar-refractivity contribution in [2.24, 2.45) is 7.05 Å². The molecule has 1 saturated carbocycles. The van der Waals surface area contributed by atoms with E-state index >= 15 is 0 Å². The van der Waals surface area contributed by atoms with Crippen molar-refractivity contribution in [2.45, 2.75) is 39.0 Å². The molecular weight excluding hydrogens is 330 g/mol. The first-order chi connectivity index (χ1) is 10.1. The highest BCUT2D eigenvalue weighted by Crippen LogP contribution is 2.27. The van der Waals surface area contributed by atoms with E-state index in [4.69, 9.17) is 4.74 Å². The Morgan fingerprint density at radius 3 is 2.81 bits per heavy atom. The maximum Gasteiger partial charge on any atom is 0.134 e. The summed E-state index contributed by atoms with van der Waals surface area (Å²) in [5.41, 5.74) is 3.35. The molecule has 0 amide bonds. The third kappa shape index (κ3) is 3.86. The van der Waals surface area contributed by atoms with Gasteiger partial charge in [-0.3, -0.25) is 4.68 Å². The SMILES string of the molecule is Cc1cc(COc2ccc(CNC3CC3)cc2Br)n(C)n1. The zero-order valence-corrected chi connectivity index (χ0v) is 14.0. The quantitative estimate of drug-likeness (QED) is 0.869. The molecular formula is C16H20BrN3O. The van der Waals surface area contributed by atoms with Crippen LogP contribution in [0.2, 0.25) is 0 Å². The van der Waals surface area contributed by atoms with Crippen LogP contribution >= 0.6 is 15.9 Å². The van der Waals surface area contributed by atoms with Crippen molar-refractivity contribution < 1.29 is 4.74 Å². The molecule has 1 aromatic carbocycles. The summed E-state index contributed by atoms with van der Waals surface area (Å²) in [6, 6.07) is 9.04. The van der Waals surface area contributed by atoms with Gasteiger partial charge in [0.15, 0.2) is 0 Å². The van der Waals surface area contributed by atoms with Crippen LogP contribution in [0.3, 0.4) is 0 Å². The number of aromatic nitrogens is 2. The summed E-state index contributed by atoms with van der Waals surface area (Å²) >= 11 is 3.59. The summed E-state index contributed by atoms with van der Waals surface area (Å²) in [4.78, 5) is 0. The van der Waals surface area contributed by atoms with Crippen molar-refractivity contribution in [3.05, 3.63) is 45.7 Å². The number of nitrogens with one attached hydrogen (secondary N) is 1. The molecule has 0 bridgehead atoms. The van der Waals surface area contributed by atoms with Crippen LogP contribution in [0, 0.1) is 6.92 Å². The van der Waals surface area contributed by atoms with Crippen LogP contribution in [0.4, 0.5) is 0 Å². The van der Waals surface area contributed by atoms with E-state index in [2.05, 4.69) is 38.5 Å². The molecule has 4 nitrogen and oxygen atoms in total. The summed E-state index contributed by atoms with van der Waals surface area (Å²) in [5.74, 6) is 0.865. The molecule has 0 saturated heterocycles. The predicted octanol–water partition coefficient (Wildman–Crippen LogP) is 3.32. The summed E-state index contributed by atoms with van der Waals surface area (Å²) < 4.78 is 8.74. The average Bonchev–Trinajstić information content (AvgIpc) is 3.21. The molecule has 1 N–H and O–H groups in total. The Morgan fingerprint density at radius 2 is 2.19 bits per heavy atom. The molecule has 1 fully saturated rings. The van der Waals surface area contributed by atoms with Gasteiger partial charge in [-0.1, -0.05) is 6.07 Å². The number of hydrogen-bond acceptors (Lipinski definition) is 3. The van der Waals surface area contributed by atoms with Gasteiger partial charge in [0.25, 0.3) is 0 Å². The van der Waals surface area contributed by atoms with Gasteiger partial charge in [0, 0.05) is 19.6 Å². The normalized spacial score (nSPS) is 14.4. The highest BCUT2D eigenvalue weighted by Gasteiger charge is 2.20. The van der Waals surface area contributed by atoms with Gasteiger partial charge in [-0.05, 0) is 59.5 Å². The lowest BCUT2D eigenvalue weighted by Crippen LogP contribution is -2.15. The fraction of sp³-hybridized carbons (Fsp3) is 0.438. The average molecular weight is 350 g/mol. The highest BCUT2D eigenvalue weighted by atomic mass is 79.9. The second-order valence-electron chi connectivity index (χ2n) is 5.61. The van der Waals surface area contributed by atoms with Gasteiger partial charge in [0.1, 0.15) is 12.4 Å². The minimum atomic E-state index is 0.523. The summed E-state index contributed by atoms with van der Waals surface area (Å²) in [5, 5.41) is 7.84. The summed E-state index contributed by atoms with van der Waals surface area (Å²) in [6.07, 6.45) is 2.62. The lowest BCUT2D eigenvalue weighted by Gasteiger charge is -2.10. The number of ether oxygens (including phenoxy) is 1. The number of benzene rings is 1. The Bertz CT molecular complexity index is 634. The molecule has 1 aromatic heterocycles. The van der Waals surface area contributed by atoms with E-state index in [0.717, 1.165) is 34.2 Å². The first kappa shape index (κ1) is 14.6. The molecule has 5 heteroatoms. The lowest BCUT2D eigenvalue weighted by molar-refractivity contribution is 0.293. The topological polar surface area (TPSA) is 39.1 Å². The van der Waals surface area contributed by atoms with E-state index in [1.807, 2.05) is 30.8 Å². The van der Waals surface area contributed by atoms with Crippen LogP contribution < -0.4 is 10.1 Å². The lowest BCUT2D eigenvalue weighted by atomic mass is 10.2. The Balaban J connectivity index is 1.60. The number of hydrogen-bond donors (Lipinski definition) is 1. The first-order valence-electron chi connectivity index (χ1n) is 7.26. The maximum absolute atomic E-state index is 5.88. The van der Waals surface area contributed by atoms with E-state index in [0.29, 0.717) is 6.61 Å². The Hall–Kier alpha value is -1.33. The third-order valence-corrected chi connectivity index (χ3v) is 4.26. The van der Waals surface area contributed by atoms with E-state index < -0.39 is 0 Å². The van der Waals surface area contributed by atoms with Gasteiger partial charge in [-0.15, -0.1) is 0 Å². The Labute approximate surface area is 133 Å². The monoisotopic (exact) mass is 349 g/mol.